The van der Waals surface area contributed by atoms with Crippen LogP contribution in [0.5, 0.6) is 0 Å². The van der Waals surface area contributed by atoms with Crippen LogP contribution >= 0.6 is 15.9 Å². The van der Waals surface area contributed by atoms with Crippen molar-refractivity contribution in [3.8, 4) is 0 Å². The van der Waals surface area contributed by atoms with Crippen molar-refractivity contribution in [2.45, 2.75) is 20.3 Å². The first-order chi connectivity index (χ1) is 11.5. The predicted octanol–water partition coefficient (Wildman–Crippen LogP) is 4.06. The van der Waals surface area contributed by atoms with E-state index in [0.29, 0.717) is 6.54 Å². The van der Waals surface area contributed by atoms with Gasteiger partial charge in [0.1, 0.15) is 0 Å². The Bertz CT molecular complexity index is 786. The zero-order valence-electron chi connectivity index (χ0n) is 13.7. The highest BCUT2D eigenvalue weighted by Crippen LogP contribution is 2.28. The summed E-state index contributed by atoms with van der Waals surface area (Å²) in [4.78, 5) is 26.5. The smallest absolute Gasteiger partial charge is 0.229 e. The summed E-state index contributed by atoms with van der Waals surface area (Å²) in [5.41, 5.74) is 3.83. The largest absolute Gasteiger partial charge is 0.326 e. The molecule has 3 rings (SSSR count). The lowest BCUT2D eigenvalue weighted by Crippen LogP contribution is -2.28. The molecule has 1 aliphatic heterocycles. The van der Waals surface area contributed by atoms with E-state index in [1.807, 2.05) is 56.3 Å². The molecule has 1 N–H and O–H groups in total. The van der Waals surface area contributed by atoms with Crippen LogP contribution in [-0.2, 0) is 9.59 Å². The minimum absolute atomic E-state index is 0.0153. The van der Waals surface area contributed by atoms with Crippen LogP contribution in [0.1, 0.15) is 17.5 Å². The molecule has 1 heterocycles. The van der Waals surface area contributed by atoms with E-state index in [-0.39, 0.29) is 24.2 Å². The fourth-order valence-electron chi connectivity index (χ4n) is 2.88. The van der Waals surface area contributed by atoms with Gasteiger partial charge in [0.05, 0.1) is 5.92 Å². The molecule has 0 radical (unpaired) electrons. The predicted molar refractivity (Wildman–Crippen MR) is 99.1 cm³/mol. The van der Waals surface area contributed by atoms with Crippen LogP contribution < -0.4 is 10.2 Å². The molecule has 2 amide bonds. The summed E-state index contributed by atoms with van der Waals surface area (Å²) in [6, 6.07) is 13.4. The van der Waals surface area contributed by atoms with Crippen LogP contribution in [0.2, 0.25) is 0 Å². The topological polar surface area (TPSA) is 49.4 Å². The molecule has 0 bridgehead atoms. The number of halogens is 1. The van der Waals surface area contributed by atoms with E-state index in [1.165, 1.54) is 0 Å². The maximum Gasteiger partial charge on any atom is 0.229 e. The molecule has 2 aromatic carbocycles. The lowest BCUT2D eigenvalue weighted by Gasteiger charge is -2.17. The number of hydrogen-bond acceptors (Lipinski definition) is 2. The zero-order valence-corrected chi connectivity index (χ0v) is 15.3. The second-order valence-corrected chi connectivity index (χ2v) is 7.03. The van der Waals surface area contributed by atoms with Crippen LogP contribution in [0.3, 0.4) is 0 Å². The average Bonchev–Trinajstić information content (AvgIpc) is 2.94. The second kappa shape index (κ2) is 6.77. The molecule has 4 nitrogen and oxygen atoms in total. The summed E-state index contributed by atoms with van der Waals surface area (Å²) < 4.78 is 0.960. The molecule has 1 fully saturated rings. The Morgan fingerprint density at radius 3 is 2.58 bits per heavy atom. The number of anilines is 2. The Morgan fingerprint density at radius 2 is 1.88 bits per heavy atom. The number of nitrogens with one attached hydrogen (secondary N) is 1. The van der Waals surface area contributed by atoms with Crippen molar-refractivity contribution < 1.29 is 9.59 Å². The number of rotatable bonds is 3. The molecule has 1 atom stereocenters. The van der Waals surface area contributed by atoms with Crippen molar-refractivity contribution in [1.29, 1.82) is 0 Å². The van der Waals surface area contributed by atoms with E-state index in [9.17, 15) is 9.59 Å². The van der Waals surface area contributed by atoms with Gasteiger partial charge >= 0.3 is 0 Å². The molecule has 2 aromatic rings. The summed E-state index contributed by atoms with van der Waals surface area (Å²) in [6.07, 6.45) is 0.243. The molecule has 24 heavy (non-hydrogen) atoms. The molecular formula is C19H19BrN2O2. The van der Waals surface area contributed by atoms with Crippen molar-refractivity contribution in [2.75, 3.05) is 16.8 Å². The molecule has 0 aromatic heterocycles. The first-order valence-electron chi connectivity index (χ1n) is 7.88. The van der Waals surface area contributed by atoms with E-state index >= 15 is 0 Å². The number of aryl methyl sites for hydroxylation is 1. The van der Waals surface area contributed by atoms with E-state index in [1.54, 1.807) is 4.90 Å². The Morgan fingerprint density at radius 1 is 1.17 bits per heavy atom. The number of carbonyl (C=O) groups is 2. The van der Waals surface area contributed by atoms with Gasteiger partial charge in [-0.2, -0.15) is 0 Å². The quantitative estimate of drug-likeness (QED) is 0.864. The number of amides is 2. The van der Waals surface area contributed by atoms with E-state index in [0.717, 1.165) is 27.0 Å². The monoisotopic (exact) mass is 386 g/mol. The Balaban J connectivity index is 1.72. The first-order valence-corrected chi connectivity index (χ1v) is 8.68. The number of benzene rings is 2. The molecule has 1 saturated heterocycles. The normalized spacial score (nSPS) is 17.2. The van der Waals surface area contributed by atoms with Crippen LogP contribution in [0.15, 0.2) is 46.9 Å². The number of carbonyl (C=O) groups excluding carboxylic acids is 2. The fraction of sp³-hybridized carbons (Fsp3) is 0.263. The summed E-state index contributed by atoms with van der Waals surface area (Å²) in [6.45, 7) is 4.41. The molecule has 5 heteroatoms. The molecule has 0 unspecified atom stereocenters. The minimum Gasteiger partial charge on any atom is -0.326 e. The van der Waals surface area contributed by atoms with Crippen molar-refractivity contribution in [1.82, 2.24) is 0 Å². The van der Waals surface area contributed by atoms with Crippen LogP contribution in [0, 0.1) is 19.8 Å². The lowest BCUT2D eigenvalue weighted by atomic mass is 10.1. The third-order valence-electron chi connectivity index (χ3n) is 4.50. The highest BCUT2D eigenvalue weighted by atomic mass is 79.9. The fourth-order valence-corrected chi connectivity index (χ4v) is 3.14. The average molecular weight is 387 g/mol. The van der Waals surface area contributed by atoms with Crippen molar-refractivity contribution in [3.05, 3.63) is 58.1 Å². The number of nitrogens with zero attached hydrogens (tertiary/aromatic N) is 1. The van der Waals surface area contributed by atoms with Gasteiger partial charge in [-0.3, -0.25) is 9.59 Å². The van der Waals surface area contributed by atoms with Crippen LogP contribution in [0.25, 0.3) is 0 Å². The van der Waals surface area contributed by atoms with Gasteiger partial charge in [0, 0.05) is 28.8 Å². The van der Waals surface area contributed by atoms with Gasteiger partial charge in [-0.25, -0.2) is 0 Å². The Labute approximate surface area is 150 Å². The third-order valence-corrected chi connectivity index (χ3v) is 5.03. The highest BCUT2D eigenvalue weighted by Gasteiger charge is 2.35. The Hall–Kier alpha value is -2.14. The van der Waals surface area contributed by atoms with Gasteiger partial charge < -0.3 is 10.2 Å². The van der Waals surface area contributed by atoms with Crippen LogP contribution in [-0.4, -0.2) is 18.4 Å². The molecule has 0 aliphatic carbocycles. The molecule has 1 aliphatic rings. The molecule has 124 valence electrons. The van der Waals surface area contributed by atoms with Gasteiger partial charge in [0.15, 0.2) is 0 Å². The molecule has 0 saturated carbocycles. The summed E-state index contributed by atoms with van der Waals surface area (Å²) in [5.74, 6) is -0.448. The molecule has 0 spiro atoms. The van der Waals surface area contributed by atoms with Gasteiger partial charge in [0.25, 0.3) is 0 Å². The SMILES string of the molecule is Cc1cccc(NC(=O)[C@H]2CC(=O)N(c3ccc(Br)cc3)C2)c1C. The van der Waals surface area contributed by atoms with Crippen molar-refractivity contribution in [3.63, 3.8) is 0 Å². The van der Waals surface area contributed by atoms with Crippen molar-refractivity contribution in [2.24, 2.45) is 5.92 Å². The second-order valence-electron chi connectivity index (χ2n) is 6.12. The standard InChI is InChI=1S/C19H19BrN2O2/c1-12-4-3-5-17(13(12)2)21-19(24)14-10-18(23)22(11-14)16-8-6-15(20)7-9-16/h3-9,14H,10-11H2,1-2H3,(H,21,24)/t14-/m0/s1. The van der Waals surface area contributed by atoms with E-state index < -0.39 is 0 Å². The first kappa shape index (κ1) is 16.7. The summed E-state index contributed by atoms with van der Waals surface area (Å²) in [5, 5.41) is 2.97. The Kier molecular flexibility index (Phi) is 4.71. The lowest BCUT2D eigenvalue weighted by molar-refractivity contribution is -0.122. The molecular weight excluding hydrogens is 368 g/mol. The highest BCUT2D eigenvalue weighted by molar-refractivity contribution is 9.10. The number of hydrogen-bond donors (Lipinski definition) is 1. The van der Waals surface area contributed by atoms with Crippen molar-refractivity contribution >= 4 is 39.1 Å². The third kappa shape index (κ3) is 3.36. The minimum atomic E-state index is -0.332. The van der Waals surface area contributed by atoms with Gasteiger partial charge in [0.2, 0.25) is 11.8 Å². The summed E-state index contributed by atoms with van der Waals surface area (Å²) in [7, 11) is 0. The maximum atomic E-state index is 12.6. The van der Waals surface area contributed by atoms with E-state index in [2.05, 4.69) is 21.2 Å². The maximum absolute atomic E-state index is 12.6. The van der Waals surface area contributed by atoms with Gasteiger partial charge in [-0.1, -0.05) is 28.1 Å². The van der Waals surface area contributed by atoms with Gasteiger partial charge in [-0.15, -0.1) is 0 Å². The van der Waals surface area contributed by atoms with Crippen LogP contribution in [0.4, 0.5) is 11.4 Å². The van der Waals surface area contributed by atoms with E-state index in [4.69, 9.17) is 0 Å². The van der Waals surface area contributed by atoms with Gasteiger partial charge in [-0.05, 0) is 55.3 Å². The zero-order chi connectivity index (χ0) is 17.3. The summed E-state index contributed by atoms with van der Waals surface area (Å²) >= 11 is 3.39.